The maximum Gasteiger partial charge on any atom is 0.326 e. The molecule has 21 heavy (non-hydrogen) atoms. The Morgan fingerprint density at radius 3 is 2.62 bits per heavy atom. The Morgan fingerprint density at radius 2 is 2.05 bits per heavy atom. The second-order valence-corrected chi connectivity index (χ2v) is 5.24. The predicted octanol–water partition coefficient (Wildman–Crippen LogP) is 3.13. The molecule has 5 nitrogen and oxygen atoms in total. The van der Waals surface area contributed by atoms with E-state index in [0.29, 0.717) is 28.6 Å². The van der Waals surface area contributed by atoms with Crippen molar-refractivity contribution >= 4 is 35.1 Å². The van der Waals surface area contributed by atoms with Crippen LogP contribution in [0.3, 0.4) is 0 Å². The predicted molar refractivity (Wildman–Crippen MR) is 81.0 cm³/mol. The summed E-state index contributed by atoms with van der Waals surface area (Å²) < 4.78 is 5.36. The minimum absolute atomic E-state index is 0.0632. The van der Waals surface area contributed by atoms with E-state index in [-0.39, 0.29) is 18.9 Å². The maximum absolute atomic E-state index is 11.6. The molecule has 0 aliphatic carbocycles. The highest BCUT2D eigenvalue weighted by Gasteiger charge is 2.18. The lowest BCUT2D eigenvalue weighted by Crippen LogP contribution is -2.41. The summed E-state index contributed by atoms with van der Waals surface area (Å²) in [5, 5.41) is 12.2. The molecule has 0 aliphatic heterocycles. The number of hydrogen-bond donors (Lipinski definition) is 2. The molecule has 1 aromatic rings. The van der Waals surface area contributed by atoms with E-state index >= 15 is 0 Å². The number of rotatable bonds is 8. The van der Waals surface area contributed by atoms with Gasteiger partial charge in [0.25, 0.3) is 0 Å². The highest BCUT2D eigenvalue weighted by atomic mass is 35.5. The Hall–Kier alpha value is -1.46. The van der Waals surface area contributed by atoms with Gasteiger partial charge in [0.2, 0.25) is 5.91 Å². The van der Waals surface area contributed by atoms with Crippen molar-refractivity contribution in [2.24, 2.45) is 0 Å². The molecule has 0 spiro atoms. The molecule has 1 rings (SSSR count). The number of ether oxygens (including phenoxy) is 1. The SMILES string of the molecule is CCC[C@H](NC(=O)CCOc1ccc(Cl)c(Cl)c1)C(=O)O. The second kappa shape index (κ2) is 8.74. The van der Waals surface area contributed by atoms with Crippen LogP contribution in [0.25, 0.3) is 0 Å². The van der Waals surface area contributed by atoms with Crippen molar-refractivity contribution in [3.05, 3.63) is 28.2 Å². The number of halogens is 2. The van der Waals surface area contributed by atoms with Crippen LogP contribution in [0.15, 0.2) is 18.2 Å². The Kier molecular flexibility index (Phi) is 7.32. The third-order valence-electron chi connectivity index (χ3n) is 2.70. The van der Waals surface area contributed by atoms with Crippen LogP contribution in [0.4, 0.5) is 0 Å². The Bertz CT molecular complexity index is 508. The first kappa shape index (κ1) is 17.6. The van der Waals surface area contributed by atoms with Gasteiger partial charge in [-0.25, -0.2) is 4.79 Å². The molecule has 0 saturated heterocycles. The number of carboxylic acid groups (broad SMARTS) is 1. The second-order valence-electron chi connectivity index (χ2n) is 4.42. The Balaban J connectivity index is 2.39. The third kappa shape index (κ3) is 6.23. The highest BCUT2D eigenvalue weighted by molar-refractivity contribution is 6.42. The van der Waals surface area contributed by atoms with E-state index in [0.717, 1.165) is 0 Å². The van der Waals surface area contributed by atoms with Crippen molar-refractivity contribution in [1.82, 2.24) is 5.32 Å². The van der Waals surface area contributed by atoms with Crippen LogP contribution in [0.2, 0.25) is 10.0 Å². The fourth-order valence-corrected chi connectivity index (χ4v) is 1.93. The minimum atomic E-state index is -1.03. The van der Waals surface area contributed by atoms with Gasteiger partial charge >= 0.3 is 5.97 Å². The minimum Gasteiger partial charge on any atom is -0.493 e. The van der Waals surface area contributed by atoms with Crippen molar-refractivity contribution in [2.45, 2.75) is 32.2 Å². The number of nitrogens with one attached hydrogen (secondary N) is 1. The Labute approximate surface area is 133 Å². The molecule has 1 aromatic carbocycles. The summed E-state index contributed by atoms with van der Waals surface area (Å²) in [6.45, 7) is 1.98. The van der Waals surface area contributed by atoms with E-state index in [4.69, 9.17) is 33.0 Å². The fraction of sp³-hybridized carbons (Fsp3) is 0.429. The van der Waals surface area contributed by atoms with Crippen LogP contribution in [-0.2, 0) is 9.59 Å². The van der Waals surface area contributed by atoms with Gasteiger partial charge in [-0.15, -0.1) is 0 Å². The van der Waals surface area contributed by atoms with Gasteiger partial charge in [-0.3, -0.25) is 4.79 Å². The van der Waals surface area contributed by atoms with Gasteiger partial charge in [0.15, 0.2) is 0 Å². The first-order chi connectivity index (χ1) is 9.93. The van der Waals surface area contributed by atoms with Crippen LogP contribution < -0.4 is 10.1 Å². The molecule has 0 aromatic heterocycles. The maximum atomic E-state index is 11.6. The lowest BCUT2D eigenvalue weighted by Gasteiger charge is -2.13. The zero-order chi connectivity index (χ0) is 15.8. The van der Waals surface area contributed by atoms with Crippen molar-refractivity contribution in [1.29, 1.82) is 0 Å². The molecule has 0 fully saturated rings. The van der Waals surface area contributed by atoms with Crippen LogP contribution in [0.1, 0.15) is 26.2 Å². The van der Waals surface area contributed by atoms with E-state index < -0.39 is 12.0 Å². The van der Waals surface area contributed by atoms with Gasteiger partial charge in [0, 0.05) is 6.07 Å². The monoisotopic (exact) mass is 333 g/mol. The van der Waals surface area contributed by atoms with E-state index in [2.05, 4.69) is 5.32 Å². The standard InChI is InChI=1S/C14H17Cl2NO4/c1-2-3-12(14(19)20)17-13(18)6-7-21-9-4-5-10(15)11(16)8-9/h4-5,8,12H,2-3,6-7H2,1H3,(H,17,18)(H,19,20)/t12-/m0/s1. The molecule has 1 atom stereocenters. The fourth-order valence-electron chi connectivity index (χ4n) is 1.64. The largest absolute Gasteiger partial charge is 0.493 e. The van der Waals surface area contributed by atoms with Crippen LogP contribution in [-0.4, -0.2) is 29.6 Å². The Morgan fingerprint density at radius 1 is 1.33 bits per heavy atom. The van der Waals surface area contributed by atoms with Crippen LogP contribution in [0.5, 0.6) is 5.75 Å². The molecule has 0 bridgehead atoms. The molecular weight excluding hydrogens is 317 g/mol. The molecular formula is C14H17Cl2NO4. The first-order valence-electron chi connectivity index (χ1n) is 6.54. The van der Waals surface area contributed by atoms with Gasteiger partial charge < -0.3 is 15.2 Å². The average Bonchev–Trinajstić information content (AvgIpc) is 2.42. The zero-order valence-corrected chi connectivity index (χ0v) is 13.1. The van der Waals surface area contributed by atoms with E-state index in [1.807, 2.05) is 6.92 Å². The lowest BCUT2D eigenvalue weighted by atomic mass is 10.1. The number of amides is 1. The summed E-state index contributed by atoms with van der Waals surface area (Å²) in [6, 6.07) is 3.94. The van der Waals surface area contributed by atoms with E-state index in [1.54, 1.807) is 18.2 Å². The van der Waals surface area contributed by atoms with Gasteiger partial charge in [-0.1, -0.05) is 36.5 Å². The normalized spacial score (nSPS) is 11.8. The number of carbonyl (C=O) groups excluding carboxylic acids is 1. The molecule has 0 aliphatic rings. The van der Waals surface area contributed by atoms with Crippen LogP contribution >= 0.6 is 23.2 Å². The van der Waals surface area contributed by atoms with E-state index in [1.165, 1.54) is 0 Å². The molecule has 1 amide bonds. The van der Waals surface area contributed by atoms with Gasteiger partial charge in [0.1, 0.15) is 11.8 Å². The van der Waals surface area contributed by atoms with Gasteiger partial charge in [0.05, 0.1) is 23.1 Å². The quantitative estimate of drug-likeness (QED) is 0.766. The molecule has 0 heterocycles. The zero-order valence-electron chi connectivity index (χ0n) is 11.6. The summed E-state index contributed by atoms with van der Waals surface area (Å²) in [4.78, 5) is 22.6. The number of aliphatic carboxylic acids is 1. The molecule has 0 radical (unpaired) electrons. The first-order valence-corrected chi connectivity index (χ1v) is 7.29. The number of hydrogen-bond acceptors (Lipinski definition) is 3. The summed E-state index contributed by atoms with van der Waals surface area (Å²) >= 11 is 11.6. The molecule has 0 saturated carbocycles. The van der Waals surface area contributed by atoms with E-state index in [9.17, 15) is 9.59 Å². The molecule has 0 unspecified atom stereocenters. The van der Waals surface area contributed by atoms with Crippen molar-refractivity contribution in [2.75, 3.05) is 6.61 Å². The highest BCUT2D eigenvalue weighted by Crippen LogP contribution is 2.26. The summed E-state index contributed by atoms with van der Waals surface area (Å²) in [6.07, 6.45) is 1.14. The van der Waals surface area contributed by atoms with Crippen LogP contribution in [0, 0.1) is 0 Å². The number of carboxylic acids is 1. The van der Waals surface area contributed by atoms with Crippen molar-refractivity contribution in [3.8, 4) is 5.75 Å². The topological polar surface area (TPSA) is 75.6 Å². The van der Waals surface area contributed by atoms with Gasteiger partial charge in [-0.2, -0.15) is 0 Å². The molecule has 7 heteroatoms. The summed E-state index contributed by atoms with van der Waals surface area (Å²) in [5.74, 6) is -0.896. The van der Waals surface area contributed by atoms with Crippen molar-refractivity contribution in [3.63, 3.8) is 0 Å². The molecule has 2 N–H and O–H groups in total. The smallest absolute Gasteiger partial charge is 0.326 e. The lowest BCUT2D eigenvalue weighted by molar-refractivity contribution is -0.142. The molecule has 116 valence electrons. The average molecular weight is 334 g/mol. The third-order valence-corrected chi connectivity index (χ3v) is 3.44. The number of benzene rings is 1. The number of carbonyl (C=O) groups is 2. The van der Waals surface area contributed by atoms with Crippen molar-refractivity contribution < 1.29 is 19.4 Å². The summed E-state index contributed by atoms with van der Waals surface area (Å²) in [5.41, 5.74) is 0. The van der Waals surface area contributed by atoms with Gasteiger partial charge in [-0.05, 0) is 18.6 Å². The summed E-state index contributed by atoms with van der Waals surface area (Å²) in [7, 11) is 0.